The van der Waals surface area contributed by atoms with Gasteiger partial charge in [0.2, 0.25) is 0 Å². The molecular formula is C16H18F3N3O. The van der Waals surface area contributed by atoms with Crippen LogP contribution in [0.15, 0.2) is 18.3 Å². The second kappa shape index (κ2) is 5.54. The number of aryl methyl sites for hydroxylation is 1. The first-order valence-corrected chi connectivity index (χ1v) is 7.62. The topological polar surface area (TPSA) is 37.6 Å². The van der Waals surface area contributed by atoms with E-state index < -0.39 is 11.7 Å². The highest BCUT2D eigenvalue weighted by Crippen LogP contribution is 2.30. The fourth-order valence-corrected chi connectivity index (χ4v) is 3.11. The average Bonchev–Trinajstić information content (AvgIpc) is 2.80. The molecule has 0 N–H and O–H groups in total. The third-order valence-corrected chi connectivity index (χ3v) is 4.27. The molecule has 7 heteroatoms. The van der Waals surface area contributed by atoms with Crippen molar-refractivity contribution in [2.75, 3.05) is 13.1 Å². The van der Waals surface area contributed by atoms with Gasteiger partial charge in [0.25, 0.3) is 5.91 Å². The second-order valence-electron chi connectivity index (χ2n) is 6.19. The van der Waals surface area contributed by atoms with Crippen LogP contribution in [-0.4, -0.2) is 33.3 Å². The second-order valence-corrected chi connectivity index (χ2v) is 6.19. The molecule has 1 saturated heterocycles. The van der Waals surface area contributed by atoms with Gasteiger partial charge < -0.3 is 4.90 Å². The zero-order valence-corrected chi connectivity index (χ0v) is 13.0. The SMILES string of the molecule is Cc1nc2ccc(C(F)(F)F)cn2c1C(=O)N1CCCC(C)C1. The van der Waals surface area contributed by atoms with Crippen LogP contribution in [0.5, 0.6) is 0 Å². The minimum Gasteiger partial charge on any atom is -0.337 e. The van der Waals surface area contributed by atoms with Crippen LogP contribution >= 0.6 is 0 Å². The van der Waals surface area contributed by atoms with Crippen LogP contribution in [0.1, 0.15) is 41.5 Å². The van der Waals surface area contributed by atoms with E-state index in [1.165, 1.54) is 10.5 Å². The number of pyridine rings is 1. The molecule has 1 aliphatic heterocycles. The third kappa shape index (κ3) is 2.92. The van der Waals surface area contributed by atoms with Gasteiger partial charge in [-0.05, 0) is 37.8 Å². The summed E-state index contributed by atoms with van der Waals surface area (Å²) < 4.78 is 40.1. The van der Waals surface area contributed by atoms with Crippen LogP contribution < -0.4 is 0 Å². The lowest BCUT2D eigenvalue weighted by molar-refractivity contribution is -0.137. The summed E-state index contributed by atoms with van der Waals surface area (Å²) in [5.74, 6) is 0.152. The first kappa shape index (κ1) is 15.8. The Kier molecular flexibility index (Phi) is 3.82. The van der Waals surface area contributed by atoms with E-state index in [-0.39, 0.29) is 11.6 Å². The molecule has 1 atom stereocenters. The number of aromatic nitrogens is 2. The number of alkyl halides is 3. The Labute approximate surface area is 131 Å². The minimum atomic E-state index is -4.45. The molecule has 0 bridgehead atoms. The van der Waals surface area contributed by atoms with Gasteiger partial charge in [-0.3, -0.25) is 9.20 Å². The summed E-state index contributed by atoms with van der Waals surface area (Å²) in [5.41, 5.74) is 0.236. The molecule has 1 amide bonds. The van der Waals surface area contributed by atoms with Crippen molar-refractivity contribution < 1.29 is 18.0 Å². The van der Waals surface area contributed by atoms with Crippen molar-refractivity contribution >= 4 is 11.6 Å². The van der Waals surface area contributed by atoms with Crippen LogP contribution in [0.2, 0.25) is 0 Å². The highest BCUT2D eigenvalue weighted by molar-refractivity contribution is 5.94. The molecule has 3 heterocycles. The van der Waals surface area contributed by atoms with E-state index in [2.05, 4.69) is 11.9 Å². The molecule has 3 rings (SSSR count). The van der Waals surface area contributed by atoms with E-state index in [0.717, 1.165) is 25.1 Å². The van der Waals surface area contributed by atoms with E-state index in [0.29, 0.717) is 30.3 Å². The Hall–Kier alpha value is -2.05. The van der Waals surface area contributed by atoms with E-state index in [9.17, 15) is 18.0 Å². The fraction of sp³-hybridized carbons (Fsp3) is 0.500. The van der Waals surface area contributed by atoms with Gasteiger partial charge in [-0.25, -0.2) is 4.98 Å². The first-order chi connectivity index (χ1) is 10.8. The van der Waals surface area contributed by atoms with E-state index >= 15 is 0 Å². The highest BCUT2D eigenvalue weighted by atomic mass is 19.4. The molecule has 1 unspecified atom stereocenters. The number of hydrogen-bond donors (Lipinski definition) is 0. The molecule has 2 aromatic rings. The minimum absolute atomic E-state index is 0.222. The number of fused-ring (bicyclic) bond motifs is 1. The maximum Gasteiger partial charge on any atom is 0.417 e. The lowest BCUT2D eigenvalue weighted by Crippen LogP contribution is -2.39. The summed E-state index contributed by atoms with van der Waals surface area (Å²) in [6.45, 7) is 4.99. The van der Waals surface area contributed by atoms with Crippen molar-refractivity contribution in [3.63, 3.8) is 0 Å². The van der Waals surface area contributed by atoms with Crippen molar-refractivity contribution in [1.29, 1.82) is 0 Å². The Bertz CT molecular complexity index is 751. The Morgan fingerprint density at radius 1 is 1.35 bits per heavy atom. The average molecular weight is 325 g/mol. The molecule has 124 valence electrons. The van der Waals surface area contributed by atoms with Crippen LogP contribution in [0.3, 0.4) is 0 Å². The number of halogens is 3. The number of rotatable bonds is 1. The number of nitrogens with zero attached hydrogens (tertiary/aromatic N) is 3. The monoisotopic (exact) mass is 325 g/mol. The van der Waals surface area contributed by atoms with Crippen molar-refractivity contribution in [1.82, 2.24) is 14.3 Å². The van der Waals surface area contributed by atoms with Crippen LogP contribution in [-0.2, 0) is 6.18 Å². The van der Waals surface area contributed by atoms with Crippen molar-refractivity contribution in [3.05, 3.63) is 35.3 Å². The predicted molar refractivity (Wildman–Crippen MR) is 79.2 cm³/mol. The summed E-state index contributed by atoms with van der Waals surface area (Å²) in [4.78, 5) is 18.7. The quantitative estimate of drug-likeness (QED) is 0.804. The molecular weight excluding hydrogens is 307 g/mol. The van der Waals surface area contributed by atoms with Crippen LogP contribution in [0.25, 0.3) is 5.65 Å². The normalized spacial score (nSPS) is 19.3. The molecule has 4 nitrogen and oxygen atoms in total. The van der Waals surface area contributed by atoms with Crippen molar-refractivity contribution in [2.24, 2.45) is 5.92 Å². The van der Waals surface area contributed by atoms with Gasteiger partial charge in [0.05, 0.1) is 11.3 Å². The maximum atomic E-state index is 12.9. The zero-order chi connectivity index (χ0) is 16.8. The standard InChI is InChI=1S/C16H18F3N3O/c1-10-4-3-7-21(8-10)15(23)14-11(2)20-13-6-5-12(9-22(13)14)16(17,18)19/h5-6,9-10H,3-4,7-8H2,1-2H3. The molecule has 2 aromatic heterocycles. The summed E-state index contributed by atoms with van der Waals surface area (Å²) >= 11 is 0. The number of amides is 1. The summed E-state index contributed by atoms with van der Waals surface area (Å²) in [6, 6.07) is 2.28. The predicted octanol–water partition coefficient (Wildman–Crippen LogP) is 3.53. The number of carbonyl (C=O) groups is 1. The van der Waals surface area contributed by atoms with Crippen LogP contribution in [0, 0.1) is 12.8 Å². The molecule has 1 fully saturated rings. The molecule has 1 aliphatic rings. The van der Waals surface area contributed by atoms with Crippen LogP contribution in [0.4, 0.5) is 13.2 Å². The number of imidazole rings is 1. The Balaban J connectivity index is 2.05. The van der Waals surface area contributed by atoms with Gasteiger partial charge in [-0.15, -0.1) is 0 Å². The van der Waals surface area contributed by atoms with Gasteiger partial charge in [0.1, 0.15) is 11.3 Å². The van der Waals surface area contributed by atoms with Gasteiger partial charge in [0.15, 0.2) is 0 Å². The lowest BCUT2D eigenvalue weighted by atomic mass is 10.00. The zero-order valence-electron chi connectivity index (χ0n) is 13.0. The van der Waals surface area contributed by atoms with E-state index in [1.54, 1.807) is 11.8 Å². The van der Waals surface area contributed by atoms with Crippen molar-refractivity contribution in [2.45, 2.75) is 32.9 Å². The number of likely N-dealkylation sites (tertiary alicyclic amines) is 1. The maximum absolute atomic E-state index is 12.9. The summed E-state index contributed by atoms with van der Waals surface area (Å²) in [5, 5.41) is 0. The molecule has 0 spiro atoms. The first-order valence-electron chi connectivity index (χ1n) is 7.62. The summed E-state index contributed by atoms with van der Waals surface area (Å²) in [6.07, 6.45) is -1.52. The summed E-state index contributed by atoms with van der Waals surface area (Å²) in [7, 11) is 0. The molecule has 0 aliphatic carbocycles. The molecule has 0 aromatic carbocycles. The Morgan fingerprint density at radius 2 is 2.09 bits per heavy atom. The van der Waals surface area contributed by atoms with E-state index in [4.69, 9.17) is 0 Å². The molecule has 0 saturated carbocycles. The number of hydrogen-bond acceptors (Lipinski definition) is 2. The molecule has 23 heavy (non-hydrogen) atoms. The van der Waals surface area contributed by atoms with Gasteiger partial charge >= 0.3 is 6.18 Å². The third-order valence-electron chi connectivity index (χ3n) is 4.27. The number of carbonyl (C=O) groups excluding carboxylic acids is 1. The molecule has 0 radical (unpaired) electrons. The van der Waals surface area contributed by atoms with Crippen molar-refractivity contribution in [3.8, 4) is 0 Å². The highest BCUT2D eigenvalue weighted by Gasteiger charge is 2.32. The smallest absolute Gasteiger partial charge is 0.337 e. The van der Waals surface area contributed by atoms with Gasteiger partial charge in [0, 0.05) is 19.3 Å². The largest absolute Gasteiger partial charge is 0.417 e. The fourth-order valence-electron chi connectivity index (χ4n) is 3.11. The van der Waals surface area contributed by atoms with E-state index in [1.807, 2.05) is 0 Å². The van der Waals surface area contributed by atoms with Gasteiger partial charge in [-0.1, -0.05) is 6.92 Å². The van der Waals surface area contributed by atoms with Gasteiger partial charge in [-0.2, -0.15) is 13.2 Å². The Morgan fingerprint density at radius 3 is 2.74 bits per heavy atom. The lowest BCUT2D eigenvalue weighted by Gasteiger charge is -2.30. The number of piperidine rings is 1.